The number of benzene rings is 1. The highest BCUT2D eigenvalue weighted by molar-refractivity contribution is 6.31. The lowest BCUT2D eigenvalue weighted by Gasteiger charge is -2.33. The van der Waals surface area contributed by atoms with Gasteiger partial charge in [0.1, 0.15) is 6.04 Å². The van der Waals surface area contributed by atoms with E-state index < -0.39 is 12.0 Å². The van der Waals surface area contributed by atoms with Gasteiger partial charge in [0, 0.05) is 17.1 Å². The molecule has 1 N–H and O–H groups in total. The van der Waals surface area contributed by atoms with Gasteiger partial charge in [-0.15, -0.1) is 0 Å². The zero-order valence-corrected chi connectivity index (χ0v) is 13.1. The van der Waals surface area contributed by atoms with E-state index in [2.05, 4.69) is 0 Å². The van der Waals surface area contributed by atoms with Crippen molar-refractivity contribution in [2.75, 3.05) is 6.54 Å². The summed E-state index contributed by atoms with van der Waals surface area (Å²) in [4.78, 5) is 25.3. The number of piperidine rings is 1. The smallest absolute Gasteiger partial charge is 0.326 e. The molecule has 1 saturated heterocycles. The Morgan fingerprint density at radius 1 is 1.33 bits per heavy atom. The van der Waals surface area contributed by atoms with Crippen molar-refractivity contribution in [1.29, 1.82) is 0 Å². The molecule has 21 heavy (non-hydrogen) atoms. The van der Waals surface area contributed by atoms with Gasteiger partial charge >= 0.3 is 5.97 Å². The fourth-order valence-corrected chi connectivity index (χ4v) is 3.12. The molecule has 1 aromatic rings. The van der Waals surface area contributed by atoms with Crippen LogP contribution in [0.25, 0.3) is 0 Å². The van der Waals surface area contributed by atoms with Crippen LogP contribution in [-0.2, 0) is 4.79 Å². The third kappa shape index (κ3) is 3.38. The van der Waals surface area contributed by atoms with E-state index in [1.165, 1.54) is 4.90 Å². The molecule has 1 amide bonds. The van der Waals surface area contributed by atoms with E-state index in [9.17, 15) is 14.7 Å². The van der Waals surface area contributed by atoms with Crippen LogP contribution in [-0.4, -0.2) is 34.5 Å². The van der Waals surface area contributed by atoms with E-state index in [0.717, 1.165) is 18.4 Å². The Hall–Kier alpha value is -1.55. The number of halogens is 1. The Kier molecular flexibility index (Phi) is 4.88. The highest BCUT2D eigenvalue weighted by Gasteiger charge is 2.32. The number of rotatable bonds is 3. The number of carboxylic acids is 1. The first-order chi connectivity index (χ1) is 9.91. The third-order valence-corrected chi connectivity index (χ3v) is 4.25. The summed E-state index contributed by atoms with van der Waals surface area (Å²) in [5.41, 5.74) is 1.44. The van der Waals surface area contributed by atoms with Gasteiger partial charge in [-0.3, -0.25) is 4.79 Å². The summed E-state index contributed by atoms with van der Waals surface area (Å²) in [5.74, 6) is -0.907. The summed E-state index contributed by atoms with van der Waals surface area (Å²) in [6.07, 6.45) is 2.19. The predicted octanol–water partition coefficient (Wildman–Crippen LogP) is 3.54. The molecule has 1 fully saturated rings. The normalized spacial score (nSPS) is 18.9. The Bertz CT molecular complexity index is 556. The van der Waals surface area contributed by atoms with Gasteiger partial charge in [-0.1, -0.05) is 31.5 Å². The summed E-state index contributed by atoms with van der Waals surface area (Å²) in [6, 6.07) is 4.50. The molecule has 0 aromatic heterocycles. The molecule has 1 atom stereocenters. The molecular weight excluding hydrogens is 290 g/mol. The van der Waals surface area contributed by atoms with Crippen molar-refractivity contribution < 1.29 is 14.7 Å². The van der Waals surface area contributed by atoms with E-state index >= 15 is 0 Å². The number of hydrogen-bond donors (Lipinski definition) is 1. The van der Waals surface area contributed by atoms with Crippen molar-refractivity contribution in [3.05, 3.63) is 34.3 Å². The van der Waals surface area contributed by atoms with Crippen molar-refractivity contribution in [3.8, 4) is 0 Å². The van der Waals surface area contributed by atoms with E-state index in [1.807, 2.05) is 19.9 Å². The minimum Gasteiger partial charge on any atom is -0.480 e. The topological polar surface area (TPSA) is 57.6 Å². The zero-order chi connectivity index (χ0) is 15.6. The minimum atomic E-state index is -0.937. The lowest BCUT2D eigenvalue weighted by Crippen LogP contribution is -2.48. The van der Waals surface area contributed by atoms with Gasteiger partial charge in [0.15, 0.2) is 0 Å². The maximum atomic E-state index is 12.6. The molecule has 0 unspecified atom stereocenters. The van der Waals surface area contributed by atoms with E-state index in [0.29, 0.717) is 23.6 Å². The number of hydrogen-bond acceptors (Lipinski definition) is 2. The lowest BCUT2D eigenvalue weighted by molar-refractivity contribution is -0.143. The van der Waals surface area contributed by atoms with Crippen LogP contribution in [0.1, 0.15) is 54.9 Å². The Balaban J connectivity index is 2.26. The number of nitrogens with zero attached hydrogens (tertiary/aromatic N) is 1. The number of carbonyl (C=O) groups excluding carboxylic acids is 1. The fourth-order valence-electron chi connectivity index (χ4n) is 2.73. The minimum absolute atomic E-state index is 0.251. The first-order valence-corrected chi connectivity index (χ1v) is 7.63. The maximum absolute atomic E-state index is 12.6. The van der Waals surface area contributed by atoms with Gasteiger partial charge < -0.3 is 10.0 Å². The average molecular weight is 310 g/mol. The highest BCUT2D eigenvalue weighted by atomic mass is 35.5. The maximum Gasteiger partial charge on any atom is 0.326 e. The van der Waals surface area contributed by atoms with Crippen molar-refractivity contribution in [1.82, 2.24) is 4.90 Å². The average Bonchev–Trinajstić information content (AvgIpc) is 2.45. The largest absolute Gasteiger partial charge is 0.480 e. The third-order valence-electron chi connectivity index (χ3n) is 3.92. The highest BCUT2D eigenvalue weighted by Crippen LogP contribution is 2.27. The molecule has 1 aromatic carbocycles. The molecule has 0 bridgehead atoms. The monoisotopic (exact) mass is 309 g/mol. The summed E-state index contributed by atoms with van der Waals surface area (Å²) >= 11 is 6.22. The molecule has 0 radical (unpaired) electrons. The molecule has 2 rings (SSSR count). The van der Waals surface area contributed by atoms with Crippen molar-refractivity contribution in [2.45, 2.75) is 45.1 Å². The summed E-state index contributed by atoms with van der Waals surface area (Å²) in [7, 11) is 0. The SMILES string of the molecule is CC(C)c1ccc(C(=O)N2CCCC[C@@H]2C(=O)O)cc1Cl. The van der Waals surface area contributed by atoms with Gasteiger partial charge in [-0.2, -0.15) is 0 Å². The second-order valence-corrected chi connectivity index (χ2v) is 6.15. The van der Waals surface area contributed by atoms with Crippen LogP contribution in [0.2, 0.25) is 5.02 Å². The Morgan fingerprint density at radius 2 is 2.05 bits per heavy atom. The molecule has 4 nitrogen and oxygen atoms in total. The van der Waals surface area contributed by atoms with Crippen molar-refractivity contribution in [3.63, 3.8) is 0 Å². The number of aliphatic carboxylic acids is 1. The standard InChI is InChI=1S/C16H20ClNO3/c1-10(2)12-7-6-11(9-13(12)17)15(19)18-8-4-3-5-14(18)16(20)21/h6-7,9-10,14H,3-5,8H2,1-2H3,(H,20,21)/t14-/m1/s1. The second-order valence-electron chi connectivity index (χ2n) is 5.74. The van der Waals surface area contributed by atoms with Crippen LogP contribution in [0.5, 0.6) is 0 Å². The van der Waals surface area contributed by atoms with Gasteiger partial charge in [0.2, 0.25) is 0 Å². The quantitative estimate of drug-likeness (QED) is 0.929. The molecule has 114 valence electrons. The lowest BCUT2D eigenvalue weighted by atomic mass is 9.98. The number of carbonyl (C=O) groups is 2. The number of carboxylic acid groups (broad SMARTS) is 1. The van der Waals surface area contributed by atoms with Crippen LogP contribution >= 0.6 is 11.6 Å². The summed E-state index contributed by atoms with van der Waals surface area (Å²) < 4.78 is 0. The van der Waals surface area contributed by atoms with E-state index in [-0.39, 0.29) is 11.8 Å². The Morgan fingerprint density at radius 3 is 2.62 bits per heavy atom. The molecular formula is C16H20ClNO3. The first kappa shape index (κ1) is 15.8. The molecule has 5 heteroatoms. The molecule has 0 spiro atoms. The van der Waals surface area contributed by atoms with Crippen molar-refractivity contribution in [2.24, 2.45) is 0 Å². The van der Waals surface area contributed by atoms with E-state index in [4.69, 9.17) is 11.6 Å². The summed E-state index contributed by atoms with van der Waals surface area (Å²) in [5, 5.41) is 9.81. The Labute approximate surface area is 129 Å². The number of amides is 1. The van der Waals surface area contributed by atoms with Gasteiger partial charge in [-0.05, 0) is 42.9 Å². The second kappa shape index (κ2) is 6.48. The van der Waals surface area contributed by atoms with Crippen LogP contribution in [0.15, 0.2) is 18.2 Å². The van der Waals surface area contributed by atoms with Crippen LogP contribution < -0.4 is 0 Å². The van der Waals surface area contributed by atoms with E-state index in [1.54, 1.807) is 12.1 Å². The van der Waals surface area contributed by atoms with Crippen molar-refractivity contribution >= 4 is 23.5 Å². The molecule has 0 saturated carbocycles. The van der Waals surface area contributed by atoms with Crippen LogP contribution in [0.3, 0.4) is 0 Å². The molecule has 1 aliphatic heterocycles. The molecule has 1 heterocycles. The molecule has 0 aliphatic carbocycles. The summed E-state index contributed by atoms with van der Waals surface area (Å²) in [6.45, 7) is 4.56. The zero-order valence-electron chi connectivity index (χ0n) is 12.3. The van der Waals surface area contributed by atoms with Crippen LogP contribution in [0.4, 0.5) is 0 Å². The van der Waals surface area contributed by atoms with Gasteiger partial charge in [-0.25, -0.2) is 4.79 Å². The predicted molar refractivity (Wildman–Crippen MR) is 81.9 cm³/mol. The van der Waals surface area contributed by atoms with Gasteiger partial charge in [0.05, 0.1) is 0 Å². The van der Waals surface area contributed by atoms with Crippen LogP contribution in [0, 0.1) is 0 Å². The number of likely N-dealkylation sites (tertiary alicyclic amines) is 1. The molecule has 1 aliphatic rings. The first-order valence-electron chi connectivity index (χ1n) is 7.25. The fraction of sp³-hybridized carbons (Fsp3) is 0.500. The van der Waals surface area contributed by atoms with Gasteiger partial charge in [0.25, 0.3) is 5.91 Å².